The monoisotopic (exact) mass is 275 g/mol. The van der Waals surface area contributed by atoms with Crippen molar-refractivity contribution in [3.05, 3.63) is 20.8 Å². The first-order valence-electron chi connectivity index (χ1n) is 4.84. The molecule has 1 aliphatic carbocycles. The van der Waals surface area contributed by atoms with Crippen molar-refractivity contribution in [3.63, 3.8) is 0 Å². The van der Waals surface area contributed by atoms with Crippen molar-refractivity contribution < 1.29 is 5.11 Å². The van der Waals surface area contributed by atoms with E-state index in [0.717, 1.165) is 17.3 Å². The second kappa shape index (κ2) is 4.31. The summed E-state index contributed by atoms with van der Waals surface area (Å²) in [5, 5.41) is 17.1. The maximum absolute atomic E-state index is 9.45. The van der Waals surface area contributed by atoms with Crippen LogP contribution in [0.15, 0.2) is 15.2 Å². The number of halogens is 1. The van der Waals surface area contributed by atoms with Crippen LogP contribution in [0.4, 0.5) is 0 Å². The van der Waals surface area contributed by atoms with E-state index in [1.54, 1.807) is 11.3 Å². The van der Waals surface area contributed by atoms with Crippen LogP contribution in [0.25, 0.3) is 0 Å². The molecule has 1 aromatic rings. The third kappa shape index (κ3) is 2.03. The lowest BCUT2D eigenvalue weighted by Crippen LogP contribution is -2.48. The summed E-state index contributed by atoms with van der Waals surface area (Å²) in [6.07, 6.45) is 1.89. The molecular formula is C10H14BrNOS. The summed E-state index contributed by atoms with van der Waals surface area (Å²) < 4.78 is 1.16. The van der Waals surface area contributed by atoms with Gasteiger partial charge < -0.3 is 10.4 Å². The van der Waals surface area contributed by atoms with E-state index in [0.29, 0.717) is 6.04 Å². The Balaban J connectivity index is 1.95. The second-order valence-electron chi connectivity index (χ2n) is 3.81. The van der Waals surface area contributed by atoms with Gasteiger partial charge in [-0.15, -0.1) is 0 Å². The number of hydrogen-bond donors (Lipinski definition) is 2. The molecule has 14 heavy (non-hydrogen) atoms. The van der Waals surface area contributed by atoms with Crippen LogP contribution < -0.4 is 5.32 Å². The quantitative estimate of drug-likeness (QED) is 0.889. The SMILES string of the molecule is CC(N[C@@H]1CC[C@H]1O)c1cscc1Br. The molecule has 2 rings (SSSR count). The van der Waals surface area contributed by atoms with Crippen molar-refractivity contribution in [2.75, 3.05) is 0 Å². The van der Waals surface area contributed by atoms with E-state index in [4.69, 9.17) is 0 Å². The number of thiophene rings is 1. The van der Waals surface area contributed by atoms with Crippen LogP contribution >= 0.6 is 27.3 Å². The Morgan fingerprint density at radius 3 is 2.79 bits per heavy atom. The molecule has 1 aliphatic rings. The van der Waals surface area contributed by atoms with Crippen molar-refractivity contribution in [2.45, 2.75) is 38.0 Å². The van der Waals surface area contributed by atoms with Crippen molar-refractivity contribution in [2.24, 2.45) is 0 Å². The lowest BCUT2D eigenvalue weighted by atomic mass is 9.88. The maximum Gasteiger partial charge on any atom is 0.0694 e. The third-order valence-corrected chi connectivity index (χ3v) is 4.56. The molecule has 1 fully saturated rings. The summed E-state index contributed by atoms with van der Waals surface area (Å²) in [6, 6.07) is 0.604. The Kier molecular flexibility index (Phi) is 3.27. The minimum atomic E-state index is -0.144. The largest absolute Gasteiger partial charge is 0.392 e. The second-order valence-corrected chi connectivity index (χ2v) is 5.41. The fraction of sp³-hybridized carbons (Fsp3) is 0.600. The zero-order valence-corrected chi connectivity index (χ0v) is 10.4. The summed E-state index contributed by atoms with van der Waals surface area (Å²) in [7, 11) is 0. The van der Waals surface area contributed by atoms with Crippen molar-refractivity contribution in [1.82, 2.24) is 5.32 Å². The predicted molar refractivity (Wildman–Crippen MR) is 62.6 cm³/mol. The van der Waals surface area contributed by atoms with E-state index in [-0.39, 0.29) is 12.1 Å². The predicted octanol–water partition coefficient (Wildman–Crippen LogP) is 2.68. The van der Waals surface area contributed by atoms with Gasteiger partial charge in [-0.05, 0) is 46.6 Å². The van der Waals surface area contributed by atoms with Gasteiger partial charge in [0.15, 0.2) is 0 Å². The highest BCUT2D eigenvalue weighted by molar-refractivity contribution is 9.10. The van der Waals surface area contributed by atoms with E-state index < -0.39 is 0 Å². The van der Waals surface area contributed by atoms with Gasteiger partial charge in [0.2, 0.25) is 0 Å². The number of hydrogen-bond acceptors (Lipinski definition) is 3. The first-order chi connectivity index (χ1) is 6.68. The van der Waals surface area contributed by atoms with Gasteiger partial charge in [0.25, 0.3) is 0 Å². The summed E-state index contributed by atoms with van der Waals surface area (Å²) >= 11 is 5.22. The van der Waals surface area contributed by atoms with Gasteiger partial charge in [0.1, 0.15) is 0 Å². The fourth-order valence-electron chi connectivity index (χ4n) is 1.69. The topological polar surface area (TPSA) is 32.3 Å². The van der Waals surface area contributed by atoms with Gasteiger partial charge in [-0.3, -0.25) is 0 Å². The Hall–Kier alpha value is 0.100. The van der Waals surface area contributed by atoms with Crippen LogP contribution in [-0.4, -0.2) is 17.3 Å². The third-order valence-electron chi connectivity index (χ3n) is 2.81. The molecule has 0 bridgehead atoms. The van der Waals surface area contributed by atoms with Crippen LogP contribution in [0.2, 0.25) is 0 Å². The highest BCUT2D eigenvalue weighted by Crippen LogP contribution is 2.29. The van der Waals surface area contributed by atoms with Crippen LogP contribution in [0.1, 0.15) is 31.4 Å². The van der Waals surface area contributed by atoms with Gasteiger partial charge >= 0.3 is 0 Å². The van der Waals surface area contributed by atoms with Crippen LogP contribution in [0.5, 0.6) is 0 Å². The number of rotatable bonds is 3. The highest BCUT2D eigenvalue weighted by atomic mass is 79.9. The molecule has 2 nitrogen and oxygen atoms in total. The molecule has 0 saturated heterocycles. The molecule has 0 aromatic carbocycles. The highest BCUT2D eigenvalue weighted by Gasteiger charge is 2.30. The molecule has 0 radical (unpaired) electrons. The van der Waals surface area contributed by atoms with Crippen molar-refractivity contribution in [1.29, 1.82) is 0 Å². The number of aliphatic hydroxyl groups excluding tert-OH is 1. The molecule has 1 aromatic heterocycles. The molecule has 0 amide bonds. The standard InChI is InChI=1S/C10H14BrNOS/c1-6(7-4-14-5-8(7)11)12-9-2-3-10(9)13/h4-6,9-10,12-13H,2-3H2,1H3/t6?,9-,10-/m1/s1. The maximum atomic E-state index is 9.45. The molecule has 4 heteroatoms. The minimum Gasteiger partial charge on any atom is -0.392 e. The van der Waals surface area contributed by atoms with E-state index in [2.05, 4.69) is 38.9 Å². The molecular weight excluding hydrogens is 262 g/mol. The average molecular weight is 276 g/mol. The molecule has 3 atom stereocenters. The Bertz CT molecular complexity index is 315. The smallest absolute Gasteiger partial charge is 0.0694 e. The molecule has 1 heterocycles. The van der Waals surface area contributed by atoms with E-state index >= 15 is 0 Å². The summed E-state index contributed by atoms with van der Waals surface area (Å²) in [5.41, 5.74) is 1.29. The minimum absolute atomic E-state index is 0.144. The zero-order chi connectivity index (χ0) is 10.1. The Morgan fingerprint density at radius 1 is 1.57 bits per heavy atom. The van der Waals surface area contributed by atoms with E-state index in [1.807, 2.05) is 0 Å². The molecule has 1 saturated carbocycles. The van der Waals surface area contributed by atoms with Crippen LogP contribution in [0.3, 0.4) is 0 Å². The van der Waals surface area contributed by atoms with Gasteiger partial charge in [-0.2, -0.15) is 11.3 Å². The Morgan fingerprint density at radius 2 is 2.36 bits per heavy atom. The zero-order valence-electron chi connectivity index (χ0n) is 8.03. The molecule has 0 spiro atoms. The lowest BCUT2D eigenvalue weighted by molar-refractivity contribution is 0.0449. The Labute approximate surface area is 96.5 Å². The van der Waals surface area contributed by atoms with Gasteiger partial charge in [-0.1, -0.05) is 0 Å². The first kappa shape index (κ1) is 10.6. The molecule has 78 valence electrons. The van der Waals surface area contributed by atoms with E-state index in [9.17, 15) is 5.11 Å². The van der Waals surface area contributed by atoms with Crippen molar-refractivity contribution >= 4 is 27.3 Å². The molecule has 1 unspecified atom stereocenters. The first-order valence-corrected chi connectivity index (χ1v) is 6.57. The average Bonchev–Trinajstić information content (AvgIpc) is 2.58. The number of nitrogens with one attached hydrogen (secondary N) is 1. The molecule has 2 N–H and O–H groups in total. The summed E-state index contributed by atoms with van der Waals surface area (Å²) in [4.78, 5) is 0. The van der Waals surface area contributed by atoms with Crippen LogP contribution in [0, 0.1) is 0 Å². The number of aliphatic hydroxyl groups is 1. The van der Waals surface area contributed by atoms with E-state index in [1.165, 1.54) is 5.56 Å². The summed E-state index contributed by atoms with van der Waals surface area (Å²) in [6.45, 7) is 2.14. The van der Waals surface area contributed by atoms with Gasteiger partial charge in [0, 0.05) is 21.9 Å². The van der Waals surface area contributed by atoms with Crippen molar-refractivity contribution in [3.8, 4) is 0 Å². The van der Waals surface area contributed by atoms with Gasteiger partial charge in [-0.25, -0.2) is 0 Å². The lowest BCUT2D eigenvalue weighted by Gasteiger charge is -2.35. The normalized spacial score (nSPS) is 28.5. The summed E-state index contributed by atoms with van der Waals surface area (Å²) in [5.74, 6) is 0. The fourth-order valence-corrected chi connectivity index (χ4v) is 3.42. The molecule has 0 aliphatic heterocycles. The van der Waals surface area contributed by atoms with Gasteiger partial charge in [0.05, 0.1) is 6.10 Å². The van der Waals surface area contributed by atoms with Crippen LogP contribution in [-0.2, 0) is 0 Å².